The molecule has 4 nitrogen and oxygen atoms in total. The van der Waals surface area contributed by atoms with E-state index in [1.54, 1.807) is 11.3 Å². The number of carbonyl (C=O) groups excluding carboxylic acids is 1. The van der Waals surface area contributed by atoms with Gasteiger partial charge in [-0.25, -0.2) is 4.98 Å². The van der Waals surface area contributed by atoms with Gasteiger partial charge in [-0.2, -0.15) is 0 Å². The second kappa shape index (κ2) is 7.42. The van der Waals surface area contributed by atoms with Crippen LogP contribution in [0.2, 0.25) is 0 Å². The molecular weight excluding hydrogens is 330 g/mol. The van der Waals surface area contributed by atoms with Gasteiger partial charge in [-0.15, -0.1) is 11.3 Å². The highest BCUT2D eigenvalue weighted by atomic mass is 32.1. The minimum Gasteiger partial charge on any atom is -0.341 e. The van der Waals surface area contributed by atoms with E-state index >= 15 is 0 Å². The van der Waals surface area contributed by atoms with Gasteiger partial charge in [0.1, 0.15) is 0 Å². The van der Waals surface area contributed by atoms with Crippen molar-refractivity contribution in [3.05, 3.63) is 29.3 Å². The van der Waals surface area contributed by atoms with E-state index in [-0.39, 0.29) is 0 Å². The van der Waals surface area contributed by atoms with Crippen LogP contribution in [-0.4, -0.2) is 53.4 Å². The summed E-state index contributed by atoms with van der Waals surface area (Å²) < 4.78 is 1.25. The first-order valence-corrected chi connectivity index (χ1v) is 10.4. The number of para-hydroxylation sites is 1. The summed E-state index contributed by atoms with van der Waals surface area (Å²) in [5.41, 5.74) is 1.09. The minimum atomic E-state index is 0.306. The van der Waals surface area contributed by atoms with Crippen LogP contribution in [0.25, 0.3) is 10.2 Å². The Balaban J connectivity index is 1.39. The number of thiazole rings is 1. The predicted molar refractivity (Wildman–Crippen MR) is 103 cm³/mol. The van der Waals surface area contributed by atoms with Crippen molar-refractivity contribution in [3.8, 4) is 0 Å². The molecule has 0 aliphatic carbocycles. The number of hydrogen-bond acceptors (Lipinski definition) is 4. The second-order valence-electron chi connectivity index (χ2n) is 7.66. The maximum absolute atomic E-state index is 12.8. The first-order valence-electron chi connectivity index (χ1n) is 9.54. The zero-order chi connectivity index (χ0) is 17.2. The molecule has 134 valence electrons. The molecule has 0 radical (unpaired) electrons. The summed E-state index contributed by atoms with van der Waals surface area (Å²) in [5.74, 6) is 1.52. The molecule has 1 atom stereocenters. The highest BCUT2D eigenvalue weighted by Crippen LogP contribution is 2.33. The van der Waals surface area contributed by atoms with Crippen LogP contribution < -0.4 is 0 Å². The molecule has 1 aromatic carbocycles. The van der Waals surface area contributed by atoms with E-state index in [1.807, 2.05) is 6.07 Å². The summed E-state index contributed by atoms with van der Waals surface area (Å²) in [4.78, 5) is 22.0. The largest absolute Gasteiger partial charge is 0.341 e. The van der Waals surface area contributed by atoms with Crippen LogP contribution in [0.5, 0.6) is 0 Å². The van der Waals surface area contributed by atoms with Gasteiger partial charge in [0.15, 0.2) is 0 Å². The lowest BCUT2D eigenvalue weighted by Crippen LogP contribution is -2.46. The van der Waals surface area contributed by atoms with Gasteiger partial charge in [0.25, 0.3) is 0 Å². The van der Waals surface area contributed by atoms with Gasteiger partial charge in [-0.3, -0.25) is 9.69 Å². The molecule has 0 saturated carbocycles. The Morgan fingerprint density at radius 1 is 1.20 bits per heavy atom. The van der Waals surface area contributed by atoms with Gasteiger partial charge >= 0.3 is 0 Å². The van der Waals surface area contributed by atoms with E-state index in [2.05, 4.69) is 34.9 Å². The monoisotopic (exact) mass is 357 g/mol. The Kier molecular flexibility index (Phi) is 5.04. The lowest BCUT2D eigenvalue weighted by atomic mass is 9.98. The molecule has 2 saturated heterocycles. The summed E-state index contributed by atoms with van der Waals surface area (Å²) in [6.07, 6.45) is 4.68. The first kappa shape index (κ1) is 17.0. The lowest BCUT2D eigenvalue weighted by molar-refractivity contribution is -0.134. The normalized spacial score (nSPS) is 23.2. The molecule has 2 aliphatic rings. The Labute approximate surface area is 153 Å². The summed E-state index contributed by atoms with van der Waals surface area (Å²) in [6.45, 7) is 6.79. The zero-order valence-corrected chi connectivity index (χ0v) is 15.8. The van der Waals surface area contributed by atoms with Gasteiger partial charge in [0.05, 0.1) is 21.8 Å². The van der Waals surface area contributed by atoms with E-state index in [4.69, 9.17) is 4.98 Å². The lowest BCUT2D eigenvalue weighted by Gasteiger charge is -2.35. The Hall–Kier alpha value is -1.46. The highest BCUT2D eigenvalue weighted by Gasteiger charge is 2.28. The van der Waals surface area contributed by atoms with Crippen LogP contribution in [0.3, 0.4) is 0 Å². The van der Waals surface area contributed by atoms with Crippen molar-refractivity contribution < 1.29 is 4.79 Å². The Morgan fingerprint density at radius 3 is 2.80 bits per heavy atom. The van der Waals surface area contributed by atoms with Gasteiger partial charge in [0.2, 0.25) is 5.91 Å². The van der Waals surface area contributed by atoms with Crippen molar-refractivity contribution in [1.29, 1.82) is 0 Å². The van der Waals surface area contributed by atoms with Crippen molar-refractivity contribution in [2.24, 2.45) is 5.92 Å². The van der Waals surface area contributed by atoms with Crippen LogP contribution in [0.15, 0.2) is 24.3 Å². The van der Waals surface area contributed by atoms with E-state index in [0.717, 1.165) is 50.5 Å². The summed E-state index contributed by atoms with van der Waals surface area (Å²) in [5, 5.41) is 1.20. The van der Waals surface area contributed by atoms with Gasteiger partial charge in [-0.1, -0.05) is 19.1 Å². The number of nitrogens with zero attached hydrogens (tertiary/aromatic N) is 3. The third-order valence-electron chi connectivity index (χ3n) is 5.67. The molecule has 0 spiro atoms. The summed E-state index contributed by atoms with van der Waals surface area (Å²) in [6, 6.07) is 8.33. The number of benzene rings is 1. The third kappa shape index (κ3) is 3.87. The van der Waals surface area contributed by atoms with Crippen molar-refractivity contribution in [1.82, 2.24) is 14.8 Å². The fourth-order valence-corrected chi connectivity index (χ4v) is 5.07. The molecular formula is C20H27N3OS. The average molecular weight is 358 g/mol. The molecule has 2 aliphatic heterocycles. The molecule has 1 aromatic heterocycles. The predicted octanol–water partition coefficient (Wildman–Crippen LogP) is 3.73. The highest BCUT2D eigenvalue weighted by molar-refractivity contribution is 7.18. The fourth-order valence-electron chi connectivity index (χ4n) is 3.98. The number of fused-ring (bicyclic) bond motifs is 1. The SMILES string of the molecule is CC1CCN(CC(=O)N2CCC[C@@H](c3nc4ccccc4s3)C2)CC1. The molecule has 2 fully saturated rings. The van der Waals surface area contributed by atoms with Crippen LogP contribution in [-0.2, 0) is 4.79 Å². The number of amides is 1. The fraction of sp³-hybridized carbons (Fsp3) is 0.600. The summed E-state index contributed by atoms with van der Waals surface area (Å²) in [7, 11) is 0. The van der Waals surface area contributed by atoms with Gasteiger partial charge in [-0.05, 0) is 56.8 Å². The second-order valence-corrected chi connectivity index (χ2v) is 8.72. The molecule has 1 amide bonds. The number of carbonyl (C=O) groups is 1. The molecule has 4 rings (SSSR count). The van der Waals surface area contributed by atoms with Gasteiger partial charge < -0.3 is 4.90 Å². The molecule has 5 heteroatoms. The number of piperidine rings is 2. The number of aromatic nitrogens is 1. The summed E-state index contributed by atoms with van der Waals surface area (Å²) >= 11 is 1.79. The quantitative estimate of drug-likeness (QED) is 0.840. The topological polar surface area (TPSA) is 36.4 Å². The van der Waals surface area contributed by atoms with E-state index in [0.29, 0.717) is 18.4 Å². The molecule has 0 bridgehead atoms. The maximum Gasteiger partial charge on any atom is 0.236 e. The third-order valence-corrected chi connectivity index (χ3v) is 6.87. The number of hydrogen-bond donors (Lipinski definition) is 0. The van der Waals surface area contributed by atoms with E-state index in [1.165, 1.54) is 22.5 Å². The van der Waals surface area contributed by atoms with Crippen molar-refractivity contribution in [2.45, 2.75) is 38.5 Å². The molecule has 2 aromatic rings. The first-order chi connectivity index (χ1) is 12.2. The van der Waals surface area contributed by atoms with Crippen molar-refractivity contribution in [3.63, 3.8) is 0 Å². The van der Waals surface area contributed by atoms with Crippen molar-refractivity contribution >= 4 is 27.5 Å². The van der Waals surface area contributed by atoms with Crippen LogP contribution in [0, 0.1) is 5.92 Å². The van der Waals surface area contributed by atoms with E-state index < -0.39 is 0 Å². The molecule has 3 heterocycles. The molecule has 0 unspecified atom stereocenters. The van der Waals surface area contributed by atoms with Crippen LogP contribution >= 0.6 is 11.3 Å². The zero-order valence-electron chi connectivity index (χ0n) is 15.0. The average Bonchev–Trinajstić information content (AvgIpc) is 3.08. The standard InChI is InChI=1S/C20H27N3OS/c1-15-8-11-22(12-9-15)14-19(24)23-10-4-5-16(13-23)20-21-17-6-2-3-7-18(17)25-20/h2-3,6-7,15-16H,4-5,8-14H2,1H3/t16-/m1/s1. The van der Waals surface area contributed by atoms with Crippen LogP contribution in [0.4, 0.5) is 0 Å². The van der Waals surface area contributed by atoms with E-state index in [9.17, 15) is 4.79 Å². The van der Waals surface area contributed by atoms with Crippen LogP contribution in [0.1, 0.15) is 43.5 Å². The smallest absolute Gasteiger partial charge is 0.236 e. The number of rotatable bonds is 3. The Morgan fingerprint density at radius 2 is 2.00 bits per heavy atom. The molecule has 25 heavy (non-hydrogen) atoms. The number of likely N-dealkylation sites (tertiary alicyclic amines) is 2. The van der Waals surface area contributed by atoms with Crippen molar-refractivity contribution in [2.75, 3.05) is 32.7 Å². The maximum atomic E-state index is 12.8. The van der Waals surface area contributed by atoms with Gasteiger partial charge in [0, 0.05) is 19.0 Å². The minimum absolute atomic E-state index is 0.306. The Bertz CT molecular complexity index is 702. The molecule has 0 N–H and O–H groups in total.